The van der Waals surface area contributed by atoms with E-state index in [4.69, 9.17) is 0 Å². The molecule has 2 atom stereocenters. The summed E-state index contributed by atoms with van der Waals surface area (Å²) in [5, 5.41) is 2.76. The minimum atomic E-state index is 0.170. The van der Waals surface area contributed by atoms with Crippen LogP contribution in [0.4, 0.5) is 11.4 Å². The molecule has 0 saturated carbocycles. The zero-order valence-corrected chi connectivity index (χ0v) is 29.8. The predicted molar refractivity (Wildman–Crippen MR) is 188 cm³/mol. The quantitative estimate of drug-likeness (QED) is 0.185. The van der Waals surface area contributed by atoms with E-state index in [1.54, 1.807) is 0 Å². The first-order chi connectivity index (χ1) is 21.1. The summed E-state index contributed by atoms with van der Waals surface area (Å²) in [6.45, 7) is 29.1. The van der Waals surface area contributed by atoms with Gasteiger partial charge in [-0.05, 0) is 88.1 Å². The summed E-state index contributed by atoms with van der Waals surface area (Å²) in [5.41, 5.74) is 11.1. The van der Waals surface area contributed by atoms with E-state index in [0.717, 1.165) is 0 Å². The van der Waals surface area contributed by atoms with Gasteiger partial charge in [-0.15, -0.1) is 0 Å². The van der Waals surface area contributed by atoms with Crippen LogP contribution in [0.2, 0.25) is 0 Å². The van der Waals surface area contributed by atoms with Gasteiger partial charge in [-0.1, -0.05) is 128 Å². The van der Waals surface area contributed by atoms with Crippen molar-refractivity contribution in [2.45, 2.75) is 91.1 Å². The molecule has 44 heavy (non-hydrogen) atoms. The molecule has 6 rings (SSSR count). The van der Waals surface area contributed by atoms with Crippen molar-refractivity contribution in [3.05, 3.63) is 133 Å². The van der Waals surface area contributed by atoms with Crippen LogP contribution in [-0.2, 0) is 18.2 Å². The van der Waals surface area contributed by atoms with E-state index in [1.807, 2.05) is 0 Å². The molecule has 1 fully saturated rings. The molecule has 4 heteroatoms. The van der Waals surface area contributed by atoms with Gasteiger partial charge in [0.2, 0.25) is 6.67 Å². The molecule has 233 valence electrons. The van der Waals surface area contributed by atoms with Crippen LogP contribution >= 0.6 is 9.53 Å². The third kappa shape index (κ3) is 6.23. The Bertz CT molecular complexity index is 1390. The van der Waals surface area contributed by atoms with Crippen LogP contribution in [0.15, 0.2) is 72.8 Å². The number of anilines is 2. The van der Waals surface area contributed by atoms with Gasteiger partial charge in [-0.2, -0.15) is 0 Å². The molecule has 2 aliphatic rings. The number of hydrogen-bond acceptors (Lipinski definition) is 2. The number of fused-ring (bicyclic) bond motifs is 3. The molecule has 4 aromatic carbocycles. The van der Waals surface area contributed by atoms with Crippen molar-refractivity contribution in [1.82, 2.24) is 0 Å². The Balaban J connectivity index is 0.000000834. The van der Waals surface area contributed by atoms with E-state index in [0.29, 0.717) is 23.7 Å². The summed E-state index contributed by atoms with van der Waals surface area (Å²) < 4.78 is 0. The van der Waals surface area contributed by atoms with Crippen LogP contribution in [0.3, 0.4) is 0 Å². The fraction of sp³-hybridized carbons (Fsp3) is 0.350. The van der Waals surface area contributed by atoms with Crippen molar-refractivity contribution < 1.29 is 18.2 Å². The zero-order chi connectivity index (χ0) is 32.3. The summed E-state index contributed by atoms with van der Waals surface area (Å²) in [6.07, 6.45) is 1.50. The van der Waals surface area contributed by atoms with Gasteiger partial charge < -0.3 is 9.80 Å². The summed E-state index contributed by atoms with van der Waals surface area (Å²) >= 11 is 2.22. The van der Waals surface area contributed by atoms with Gasteiger partial charge in [0.25, 0.3) is 0 Å². The molecule has 1 saturated heterocycles. The van der Waals surface area contributed by atoms with Gasteiger partial charge in [-0.25, -0.2) is 0 Å². The summed E-state index contributed by atoms with van der Waals surface area (Å²) in [7, 11) is 4.49. The first-order valence-corrected chi connectivity index (χ1v) is 17.8. The molecule has 2 nitrogen and oxygen atoms in total. The standard InChI is InChI=1S/C37H42N2.C3H5.ClH.Pd/c1-22(2)27-15-11-16-28(23(3)4)34(27)38-21-39(35-29(24(5)6)17-12-18-30(35)25(7)8)37-32-20-10-14-26-13-9-19-31(33(26)32)36(37)38;1-3-2;;/h9-20,22-25,36-37H,1-8H3;3H,1-2H2;1H;/q;;;+2/p-1. The van der Waals surface area contributed by atoms with Crippen LogP contribution in [0.25, 0.3) is 10.8 Å². The third-order valence-corrected chi connectivity index (χ3v) is 8.84. The van der Waals surface area contributed by atoms with Crippen molar-refractivity contribution in [1.29, 1.82) is 0 Å². The van der Waals surface area contributed by atoms with E-state index in [1.165, 1.54) is 61.9 Å². The molecule has 0 bridgehead atoms. The van der Waals surface area contributed by atoms with E-state index in [2.05, 4.69) is 186 Å². The van der Waals surface area contributed by atoms with Gasteiger partial charge in [0.15, 0.2) is 0 Å². The molecule has 4 aromatic rings. The van der Waals surface area contributed by atoms with Crippen LogP contribution < -0.4 is 9.80 Å². The molecule has 1 aliphatic carbocycles. The molecule has 0 amide bonds. The molecular formula is C40H47ClN2Pd+. The topological polar surface area (TPSA) is 6.48 Å². The molecule has 2 unspecified atom stereocenters. The Morgan fingerprint density at radius 1 is 0.591 bits per heavy atom. The number of benzene rings is 4. The molecule has 0 aromatic heterocycles. The fourth-order valence-electron chi connectivity index (χ4n) is 6.99. The van der Waals surface area contributed by atoms with Crippen LogP contribution in [0, 0.1) is 26.9 Å². The molecule has 0 spiro atoms. The SMILES string of the molecule is CC(C)c1cccc(C(C)C)c1N1[C]N(c2c(C(C)C)cccc2C(C)C)C2c3cccc4cccc(c34)C21.[CH2][CH][CH2].[Cl][Pd+]. The Morgan fingerprint density at radius 3 is 1.18 bits per heavy atom. The molecular weight excluding hydrogens is 650 g/mol. The third-order valence-electron chi connectivity index (χ3n) is 8.84. The van der Waals surface area contributed by atoms with Gasteiger partial charge in [0.05, 0.1) is 12.1 Å². The number of nitrogens with zero attached hydrogens (tertiary/aromatic N) is 2. The van der Waals surface area contributed by atoms with E-state index in [9.17, 15) is 0 Å². The van der Waals surface area contributed by atoms with E-state index >= 15 is 0 Å². The second-order valence-corrected chi connectivity index (χ2v) is 13.0. The van der Waals surface area contributed by atoms with Crippen LogP contribution in [0.5, 0.6) is 0 Å². The summed E-state index contributed by atoms with van der Waals surface area (Å²) in [4.78, 5) is 5.07. The van der Waals surface area contributed by atoms with Gasteiger partial charge in [-0.3, -0.25) is 0 Å². The van der Waals surface area contributed by atoms with Crippen LogP contribution in [0.1, 0.15) is 125 Å². The molecule has 1 heterocycles. The number of para-hydroxylation sites is 2. The predicted octanol–water partition coefficient (Wildman–Crippen LogP) is 12.0. The summed E-state index contributed by atoms with van der Waals surface area (Å²) in [5.74, 6) is 1.67. The Hall–Kier alpha value is -2.31. The number of rotatable bonds is 6. The van der Waals surface area contributed by atoms with Crippen molar-refractivity contribution in [3.8, 4) is 0 Å². The van der Waals surface area contributed by atoms with Crippen molar-refractivity contribution in [2.24, 2.45) is 0 Å². The van der Waals surface area contributed by atoms with Crippen LogP contribution in [-0.4, -0.2) is 0 Å². The molecule has 1 aliphatic heterocycles. The zero-order valence-electron chi connectivity index (χ0n) is 27.5. The van der Waals surface area contributed by atoms with Gasteiger partial charge in [0, 0.05) is 11.4 Å². The van der Waals surface area contributed by atoms with E-state index in [-0.39, 0.29) is 12.1 Å². The maximum atomic E-state index is 4.49. The summed E-state index contributed by atoms with van der Waals surface area (Å²) in [6, 6.07) is 27.9. The van der Waals surface area contributed by atoms with Crippen molar-refractivity contribution in [3.63, 3.8) is 0 Å². The fourth-order valence-corrected chi connectivity index (χ4v) is 6.99. The maximum absolute atomic E-state index is 4.49. The minimum absolute atomic E-state index is 0.170. The monoisotopic (exact) mass is 696 g/mol. The second-order valence-electron chi connectivity index (χ2n) is 13.0. The Kier molecular flexibility index (Phi) is 11.7. The van der Waals surface area contributed by atoms with E-state index < -0.39 is 0 Å². The first-order valence-electron chi connectivity index (χ1n) is 15.8. The molecule has 0 N–H and O–H groups in total. The molecule has 5 radical (unpaired) electrons. The van der Waals surface area contributed by atoms with Crippen molar-refractivity contribution >= 4 is 31.7 Å². The number of hydrogen-bond donors (Lipinski definition) is 0. The first kappa shape index (κ1) is 34.6. The Labute approximate surface area is 282 Å². The normalized spacial score (nSPS) is 16.9. The number of halogens is 1. The van der Waals surface area contributed by atoms with Crippen molar-refractivity contribution in [2.75, 3.05) is 9.80 Å². The van der Waals surface area contributed by atoms with Gasteiger partial charge >= 0.3 is 27.7 Å². The Morgan fingerprint density at radius 2 is 0.886 bits per heavy atom. The average Bonchev–Trinajstić information content (AvgIpc) is 3.55. The van der Waals surface area contributed by atoms with Gasteiger partial charge in [0.1, 0.15) is 0 Å². The second kappa shape index (κ2) is 14.9. The average molecular weight is 698 g/mol.